The standard InChI is InChI=1S/C24H26F3N5O3/c1-34-16-15-30-11-13-31(14-12-30)23(33)32(20-5-3-2-4-6-20)17-18-7-9-19(10-8-18)21-28-29-22(35-21)24(25,26)27/h2-10H,11-17H2,1H3. The van der Waals surface area contributed by atoms with Crippen molar-refractivity contribution in [2.45, 2.75) is 12.7 Å². The molecule has 2 heterocycles. The van der Waals surface area contributed by atoms with E-state index in [0.29, 0.717) is 31.8 Å². The number of halogens is 3. The van der Waals surface area contributed by atoms with Gasteiger partial charge in [0, 0.05) is 51.1 Å². The summed E-state index contributed by atoms with van der Waals surface area (Å²) in [5.41, 5.74) is 1.93. The summed E-state index contributed by atoms with van der Waals surface area (Å²) in [6, 6.07) is 15.9. The molecule has 1 aliphatic heterocycles. The van der Waals surface area contributed by atoms with Crippen molar-refractivity contribution in [2.75, 3.05) is 51.3 Å². The van der Waals surface area contributed by atoms with Gasteiger partial charge in [-0.05, 0) is 29.8 Å². The van der Waals surface area contributed by atoms with Gasteiger partial charge in [0.05, 0.1) is 13.2 Å². The molecule has 1 aliphatic rings. The normalized spacial score (nSPS) is 14.8. The van der Waals surface area contributed by atoms with Gasteiger partial charge < -0.3 is 14.1 Å². The molecule has 186 valence electrons. The average molecular weight is 489 g/mol. The van der Waals surface area contributed by atoms with Crippen LogP contribution in [0, 0.1) is 0 Å². The van der Waals surface area contributed by atoms with Gasteiger partial charge in [0.15, 0.2) is 0 Å². The number of hydrogen-bond donors (Lipinski definition) is 0. The number of hydrogen-bond acceptors (Lipinski definition) is 6. The van der Waals surface area contributed by atoms with Crippen molar-refractivity contribution < 1.29 is 27.1 Å². The van der Waals surface area contributed by atoms with Crippen molar-refractivity contribution in [2.24, 2.45) is 0 Å². The molecule has 0 N–H and O–H groups in total. The molecule has 35 heavy (non-hydrogen) atoms. The number of carbonyl (C=O) groups excluding carboxylic acids is 1. The van der Waals surface area contributed by atoms with E-state index in [1.807, 2.05) is 35.2 Å². The second-order valence-electron chi connectivity index (χ2n) is 8.13. The maximum absolute atomic E-state index is 13.5. The Balaban J connectivity index is 1.47. The lowest BCUT2D eigenvalue weighted by Gasteiger charge is -2.37. The van der Waals surface area contributed by atoms with E-state index < -0.39 is 12.1 Å². The Morgan fingerprint density at radius 3 is 2.31 bits per heavy atom. The first-order valence-electron chi connectivity index (χ1n) is 11.2. The van der Waals surface area contributed by atoms with Gasteiger partial charge in [-0.3, -0.25) is 9.80 Å². The van der Waals surface area contributed by atoms with Gasteiger partial charge >= 0.3 is 18.1 Å². The first-order valence-corrected chi connectivity index (χ1v) is 11.2. The number of alkyl halides is 3. The summed E-state index contributed by atoms with van der Waals surface area (Å²) in [5.74, 6) is -1.61. The van der Waals surface area contributed by atoms with Gasteiger partial charge in [-0.15, -0.1) is 10.2 Å². The number of rotatable bonds is 7. The summed E-state index contributed by atoms with van der Waals surface area (Å²) in [5, 5.41) is 6.55. The molecule has 1 saturated heterocycles. The predicted molar refractivity (Wildman–Crippen MR) is 123 cm³/mol. The minimum atomic E-state index is -4.70. The topological polar surface area (TPSA) is 74.9 Å². The molecule has 3 aromatic rings. The summed E-state index contributed by atoms with van der Waals surface area (Å²) in [6.07, 6.45) is -4.70. The molecule has 1 aromatic heterocycles. The van der Waals surface area contributed by atoms with Gasteiger partial charge in [0.2, 0.25) is 5.89 Å². The van der Waals surface area contributed by atoms with Crippen LogP contribution in [-0.4, -0.2) is 72.5 Å². The summed E-state index contributed by atoms with van der Waals surface area (Å²) < 4.78 is 48.1. The van der Waals surface area contributed by atoms with Crippen LogP contribution < -0.4 is 4.90 Å². The molecular weight excluding hydrogens is 463 g/mol. The number of piperazine rings is 1. The van der Waals surface area contributed by atoms with E-state index in [4.69, 9.17) is 9.15 Å². The van der Waals surface area contributed by atoms with Crippen molar-refractivity contribution in [1.29, 1.82) is 0 Å². The fourth-order valence-electron chi connectivity index (χ4n) is 3.82. The molecule has 0 saturated carbocycles. The number of anilines is 1. The molecule has 4 rings (SSSR count). The quantitative estimate of drug-likeness (QED) is 0.497. The molecule has 11 heteroatoms. The van der Waals surface area contributed by atoms with Crippen LogP contribution in [0.2, 0.25) is 0 Å². The lowest BCUT2D eigenvalue weighted by Crippen LogP contribution is -2.53. The largest absolute Gasteiger partial charge is 0.470 e. The monoisotopic (exact) mass is 489 g/mol. The first kappa shape index (κ1) is 24.7. The van der Waals surface area contributed by atoms with Crippen molar-refractivity contribution in [1.82, 2.24) is 20.0 Å². The number of benzene rings is 2. The van der Waals surface area contributed by atoms with E-state index in [9.17, 15) is 18.0 Å². The Morgan fingerprint density at radius 1 is 1.03 bits per heavy atom. The second-order valence-corrected chi connectivity index (χ2v) is 8.13. The number of nitrogens with zero attached hydrogens (tertiary/aromatic N) is 5. The maximum atomic E-state index is 13.5. The van der Waals surface area contributed by atoms with Crippen molar-refractivity contribution in [3.05, 3.63) is 66.1 Å². The molecule has 2 aromatic carbocycles. The Hall–Kier alpha value is -3.44. The lowest BCUT2D eigenvalue weighted by molar-refractivity contribution is -0.156. The van der Waals surface area contributed by atoms with Crippen molar-refractivity contribution >= 4 is 11.7 Å². The number of amides is 2. The summed E-state index contributed by atoms with van der Waals surface area (Å²) in [4.78, 5) is 19.3. The van der Waals surface area contributed by atoms with E-state index in [1.165, 1.54) is 0 Å². The molecule has 1 fully saturated rings. The third-order valence-electron chi connectivity index (χ3n) is 5.76. The number of ether oxygens (including phenoxy) is 1. The van der Waals surface area contributed by atoms with Crippen LogP contribution in [0.4, 0.5) is 23.7 Å². The molecule has 0 unspecified atom stereocenters. The molecule has 0 bridgehead atoms. The Morgan fingerprint density at radius 2 is 1.71 bits per heavy atom. The van der Waals surface area contributed by atoms with E-state index in [-0.39, 0.29) is 11.9 Å². The van der Waals surface area contributed by atoms with Gasteiger partial charge in [0.25, 0.3) is 0 Å². The van der Waals surface area contributed by atoms with E-state index in [0.717, 1.165) is 30.9 Å². The zero-order valence-electron chi connectivity index (χ0n) is 19.2. The third-order valence-corrected chi connectivity index (χ3v) is 5.76. The number of aromatic nitrogens is 2. The van der Waals surface area contributed by atoms with Crippen molar-refractivity contribution in [3.8, 4) is 11.5 Å². The molecule has 0 radical (unpaired) electrons. The Kier molecular flexibility index (Phi) is 7.67. The van der Waals surface area contributed by atoms with Gasteiger partial charge in [-0.1, -0.05) is 30.3 Å². The highest BCUT2D eigenvalue weighted by atomic mass is 19.4. The molecule has 0 aliphatic carbocycles. The lowest BCUT2D eigenvalue weighted by atomic mass is 10.1. The highest BCUT2D eigenvalue weighted by Crippen LogP contribution is 2.30. The van der Waals surface area contributed by atoms with Crippen LogP contribution in [0.15, 0.2) is 59.0 Å². The SMILES string of the molecule is COCCN1CCN(C(=O)N(Cc2ccc(-c3nnc(C(F)(F)F)o3)cc2)c2ccccc2)CC1. The first-order chi connectivity index (χ1) is 16.8. The number of para-hydroxylation sites is 1. The molecule has 0 atom stereocenters. The fraction of sp³-hybridized carbons (Fsp3) is 0.375. The summed E-state index contributed by atoms with van der Waals surface area (Å²) >= 11 is 0. The summed E-state index contributed by atoms with van der Waals surface area (Å²) in [6.45, 7) is 4.56. The Labute approximate surface area is 200 Å². The van der Waals surface area contributed by atoms with Crippen molar-refractivity contribution in [3.63, 3.8) is 0 Å². The van der Waals surface area contributed by atoms with Gasteiger partial charge in [0.1, 0.15) is 0 Å². The van der Waals surface area contributed by atoms with Crippen LogP contribution in [0.5, 0.6) is 0 Å². The molecule has 0 spiro atoms. The van der Waals surface area contributed by atoms with Crippen LogP contribution in [0.1, 0.15) is 11.5 Å². The highest BCUT2D eigenvalue weighted by Gasteiger charge is 2.38. The molecule has 2 amide bonds. The molecular formula is C24H26F3N5O3. The van der Waals surface area contributed by atoms with Gasteiger partial charge in [-0.25, -0.2) is 4.79 Å². The molecule has 8 nitrogen and oxygen atoms in total. The zero-order valence-corrected chi connectivity index (χ0v) is 19.2. The van der Waals surface area contributed by atoms with E-state index in [1.54, 1.807) is 36.3 Å². The predicted octanol–water partition coefficient (Wildman–Crippen LogP) is 4.15. The van der Waals surface area contributed by atoms with E-state index in [2.05, 4.69) is 15.1 Å². The highest BCUT2D eigenvalue weighted by molar-refractivity contribution is 5.92. The van der Waals surface area contributed by atoms with Crippen LogP contribution in [-0.2, 0) is 17.5 Å². The van der Waals surface area contributed by atoms with Gasteiger partial charge in [-0.2, -0.15) is 13.2 Å². The fourth-order valence-corrected chi connectivity index (χ4v) is 3.82. The van der Waals surface area contributed by atoms with Crippen LogP contribution >= 0.6 is 0 Å². The smallest absolute Gasteiger partial charge is 0.413 e. The zero-order chi connectivity index (χ0) is 24.8. The number of carbonyl (C=O) groups is 1. The van der Waals surface area contributed by atoms with E-state index >= 15 is 0 Å². The maximum Gasteiger partial charge on any atom is 0.470 e. The Bertz CT molecular complexity index is 1100. The average Bonchev–Trinajstić information content (AvgIpc) is 3.38. The minimum Gasteiger partial charge on any atom is -0.413 e. The van der Waals surface area contributed by atoms with Crippen LogP contribution in [0.25, 0.3) is 11.5 Å². The third kappa shape index (κ3) is 6.17. The number of methoxy groups -OCH3 is 1. The summed E-state index contributed by atoms with van der Waals surface area (Å²) in [7, 11) is 1.67. The second kappa shape index (κ2) is 10.9. The number of urea groups is 1. The van der Waals surface area contributed by atoms with Crippen LogP contribution in [0.3, 0.4) is 0 Å². The minimum absolute atomic E-state index is 0.0987.